The third kappa shape index (κ3) is 1.90. The Morgan fingerprint density at radius 1 is 1.33 bits per heavy atom. The van der Waals surface area contributed by atoms with Crippen LogP contribution in [0.5, 0.6) is 0 Å². The van der Waals surface area contributed by atoms with Gasteiger partial charge in [0.25, 0.3) is 5.78 Å². The zero-order valence-electron chi connectivity index (χ0n) is 10.1. The maximum Gasteiger partial charge on any atom is 0.254 e. The lowest BCUT2D eigenvalue weighted by molar-refractivity contribution is 0.391. The predicted molar refractivity (Wildman–Crippen MR) is 64.1 cm³/mol. The molecule has 3 rings (SSSR count). The van der Waals surface area contributed by atoms with Crippen LogP contribution in [0.1, 0.15) is 17.1 Å². The lowest BCUT2D eigenvalue weighted by Crippen LogP contribution is -2.07. The summed E-state index contributed by atoms with van der Waals surface area (Å²) in [6.07, 6.45) is 1.48. The summed E-state index contributed by atoms with van der Waals surface area (Å²) in [7, 11) is 0. The molecule has 0 radical (unpaired) electrons. The van der Waals surface area contributed by atoms with E-state index in [4.69, 9.17) is 4.52 Å². The van der Waals surface area contributed by atoms with E-state index >= 15 is 0 Å². The minimum Gasteiger partial charge on any atom is -0.364 e. The Hall–Kier alpha value is -2.44. The summed E-state index contributed by atoms with van der Waals surface area (Å²) in [6.45, 7) is 4.35. The van der Waals surface area contributed by atoms with Crippen molar-refractivity contribution in [3.63, 3.8) is 0 Å². The first-order valence-corrected chi connectivity index (χ1v) is 5.56. The van der Waals surface area contributed by atoms with Gasteiger partial charge in [-0.3, -0.25) is 0 Å². The maximum atomic E-state index is 5.01. The van der Waals surface area contributed by atoms with Gasteiger partial charge in [0.2, 0.25) is 0 Å². The number of nitrogens with zero attached hydrogens (tertiary/aromatic N) is 5. The molecule has 7 heteroatoms. The average Bonchev–Trinajstić information content (AvgIpc) is 2.94. The van der Waals surface area contributed by atoms with Crippen molar-refractivity contribution >= 4 is 11.6 Å². The molecule has 0 amide bonds. The van der Waals surface area contributed by atoms with Gasteiger partial charge in [-0.2, -0.15) is 14.6 Å². The van der Waals surface area contributed by atoms with Crippen molar-refractivity contribution in [1.82, 2.24) is 24.7 Å². The third-order valence-electron chi connectivity index (χ3n) is 2.51. The second-order valence-electron chi connectivity index (χ2n) is 4.04. The highest BCUT2D eigenvalue weighted by molar-refractivity contribution is 5.44. The van der Waals surface area contributed by atoms with E-state index in [1.165, 1.54) is 6.33 Å². The molecule has 0 aliphatic heterocycles. The molecule has 92 valence electrons. The highest BCUT2D eigenvalue weighted by Crippen LogP contribution is 2.11. The summed E-state index contributed by atoms with van der Waals surface area (Å²) >= 11 is 0. The Balaban J connectivity index is 1.87. The molecule has 7 nitrogen and oxygen atoms in total. The minimum absolute atomic E-state index is 0.565. The van der Waals surface area contributed by atoms with Crippen LogP contribution in [0.15, 0.2) is 23.0 Å². The highest BCUT2D eigenvalue weighted by Gasteiger charge is 2.06. The fourth-order valence-corrected chi connectivity index (χ4v) is 1.74. The number of hydrogen-bond donors (Lipinski definition) is 1. The van der Waals surface area contributed by atoms with Gasteiger partial charge in [-0.1, -0.05) is 5.16 Å². The largest absolute Gasteiger partial charge is 0.364 e. The molecule has 0 fully saturated rings. The Kier molecular flexibility index (Phi) is 2.44. The fourth-order valence-electron chi connectivity index (χ4n) is 1.74. The van der Waals surface area contributed by atoms with Crippen LogP contribution in [0.2, 0.25) is 0 Å². The topological polar surface area (TPSA) is 81.1 Å². The van der Waals surface area contributed by atoms with Gasteiger partial charge in [0.15, 0.2) is 0 Å². The van der Waals surface area contributed by atoms with Crippen molar-refractivity contribution < 1.29 is 4.52 Å². The molecule has 0 atom stereocenters. The Morgan fingerprint density at radius 2 is 2.22 bits per heavy atom. The van der Waals surface area contributed by atoms with E-state index in [-0.39, 0.29) is 0 Å². The van der Waals surface area contributed by atoms with Crippen molar-refractivity contribution in [3.8, 4) is 0 Å². The SMILES string of the molecule is Cc1cc(NCc2cc(C)on2)n2ncnc2n1. The molecule has 3 aromatic heterocycles. The number of aryl methyl sites for hydroxylation is 2. The first-order valence-electron chi connectivity index (χ1n) is 5.56. The fraction of sp³-hybridized carbons (Fsp3) is 0.273. The summed E-state index contributed by atoms with van der Waals surface area (Å²) in [5.74, 6) is 2.20. The van der Waals surface area contributed by atoms with Crippen molar-refractivity contribution in [1.29, 1.82) is 0 Å². The second-order valence-corrected chi connectivity index (χ2v) is 4.04. The molecule has 0 spiro atoms. The summed E-state index contributed by atoms with van der Waals surface area (Å²) < 4.78 is 6.66. The van der Waals surface area contributed by atoms with Crippen molar-refractivity contribution in [3.05, 3.63) is 35.6 Å². The first-order chi connectivity index (χ1) is 8.72. The molecule has 0 saturated heterocycles. The molecule has 0 unspecified atom stereocenters. The van der Waals surface area contributed by atoms with Crippen molar-refractivity contribution in [2.75, 3.05) is 5.32 Å². The normalized spacial score (nSPS) is 11.0. The number of anilines is 1. The van der Waals surface area contributed by atoms with Gasteiger partial charge in [0.05, 0.1) is 6.54 Å². The molecule has 18 heavy (non-hydrogen) atoms. The van der Waals surface area contributed by atoms with Gasteiger partial charge >= 0.3 is 0 Å². The molecule has 1 N–H and O–H groups in total. The molecule has 3 aromatic rings. The van der Waals surface area contributed by atoms with Crippen LogP contribution in [-0.2, 0) is 6.54 Å². The summed E-state index contributed by atoms with van der Waals surface area (Å²) in [5, 5.41) is 11.3. The monoisotopic (exact) mass is 244 g/mol. The summed E-state index contributed by atoms with van der Waals surface area (Å²) in [4.78, 5) is 8.34. The molecular formula is C11H12N6O. The van der Waals surface area contributed by atoms with Crippen molar-refractivity contribution in [2.24, 2.45) is 0 Å². The third-order valence-corrected chi connectivity index (χ3v) is 2.51. The molecule has 0 saturated carbocycles. The Morgan fingerprint density at radius 3 is 3.00 bits per heavy atom. The number of aromatic nitrogens is 5. The van der Waals surface area contributed by atoms with E-state index < -0.39 is 0 Å². The van der Waals surface area contributed by atoms with E-state index in [1.54, 1.807) is 4.52 Å². The Labute approximate surface area is 103 Å². The van der Waals surface area contributed by atoms with E-state index in [0.717, 1.165) is 23.0 Å². The van der Waals surface area contributed by atoms with E-state index in [0.29, 0.717) is 12.3 Å². The Bertz CT molecular complexity index is 686. The van der Waals surface area contributed by atoms with Crippen LogP contribution in [-0.4, -0.2) is 24.7 Å². The van der Waals surface area contributed by atoms with Gasteiger partial charge in [0, 0.05) is 17.8 Å². The van der Waals surface area contributed by atoms with Gasteiger partial charge in [-0.15, -0.1) is 0 Å². The van der Waals surface area contributed by atoms with Crippen LogP contribution in [0.4, 0.5) is 5.82 Å². The molecule has 0 aromatic carbocycles. The number of nitrogens with one attached hydrogen (secondary N) is 1. The van der Waals surface area contributed by atoms with E-state index in [1.807, 2.05) is 26.0 Å². The van der Waals surface area contributed by atoms with Crippen LogP contribution < -0.4 is 5.32 Å². The van der Waals surface area contributed by atoms with Crippen LogP contribution in [0.3, 0.4) is 0 Å². The minimum atomic E-state index is 0.565. The zero-order valence-corrected chi connectivity index (χ0v) is 10.1. The standard InChI is InChI=1S/C11H12N6O/c1-7-3-10(17-11(15-7)13-6-14-17)12-5-9-4-8(2)18-16-9/h3-4,6,12H,5H2,1-2H3. The second kappa shape index (κ2) is 4.10. The van der Waals surface area contributed by atoms with Crippen LogP contribution in [0.25, 0.3) is 5.78 Å². The van der Waals surface area contributed by atoms with Crippen LogP contribution >= 0.6 is 0 Å². The van der Waals surface area contributed by atoms with E-state index in [2.05, 4.69) is 25.5 Å². The summed E-state index contributed by atoms with van der Waals surface area (Å²) in [5.41, 5.74) is 1.73. The zero-order chi connectivity index (χ0) is 12.5. The smallest absolute Gasteiger partial charge is 0.254 e. The molecule has 0 aliphatic rings. The average molecular weight is 244 g/mol. The highest BCUT2D eigenvalue weighted by atomic mass is 16.5. The van der Waals surface area contributed by atoms with Gasteiger partial charge in [0.1, 0.15) is 23.6 Å². The molecule has 3 heterocycles. The van der Waals surface area contributed by atoms with Gasteiger partial charge in [-0.05, 0) is 13.8 Å². The lowest BCUT2D eigenvalue weighted by Gasteiger charge is -2.06. The number of hydrogen-bond acceptors (Lipinski definition) is 6. The van der Waals surface area contributed by atoms with Crippen molar-refractivity contribution in [2.45, 2.75) is 20.4 Å². The van der Waals surface area contributed by atoms with Gasteiger partial charge in [-0.25, -0.2) is 4.98 Å². The number of fused-ring (bicyclic) bond motifs is 1. The molecule has 0 bridgehead atoms. The van der Waals surface area contributed by atoms with E-state index in [9.17, 15) is 0 Å². The maximum absolute atomic E-state index is 5.01. The summed E-state index contributed by atoms with van der Waals surface area (Å²) in [6, 6.07) is 3.80. The first kappa shape index (κ1) is 10.7. The van der Waals surface area contributed by atoms with Gasteiger partial charge < -0.3 is 9.84 Å². The quantitative estimate of drug-likeness (QED) is 0.748. The molecule has 0 aliphatic carbocycles. The predicted octanol–water partition coefficient (Wildman–Crippen LogP) is 1.34. The molecular weight excluding hydrogens is 232 g/mol. The lowest BCUT2D eigenvalue weighted by atomic mass is 10.3. The van der Waals surface area contributed by atoms with Crippen LogP contribution in [0, 0.1) is 13.8 Å². The number of rotatable bonds is 3.